The molecule has 6 nitrogen and oxygen atoms in total. The highest BCUT2D eigenvalue weighted by Gasteiger charge is 2.11. The van der Waals surface area contributed by atoms with Crippen molar-refractivity contribution in [2.24, 2.45) is 4.99 Å². The van der Waals surface area contributed by atoms with E-state index >= 15 is 0 Å². The predicted octanol–water partition coefficient (Wildman–Crippen LogP) is 3.57. The van der Waals surface area contributed by atoms with Crippen molar-refractivity contribution in [3.63, 3.8) is 0 Å². The Morgan fingerprint density at radius 2 is 1.86 bits per heavy atom. The summed E-state index contributed by atoms with van der Waals surface area (Å²) in [4.78, 5) is 17.0. The summed E-state index contributed by atoms with van der Waals surface area (Å²) in [6, 6.07) is 10.8. The number of halogens is 1. The summed E-state index contributed by atoms with van der Waals surface area (Å²) in [6.07, 6.45) is 2.04. The first-order valence-corrected chi connectivity index (χ1v) is 9.52. The summed E-state index contributed by atoms with van der Waals surface area (Å²) in [5.74, 6) is 2.19. The van der Waals surface area contributed by atoms with Gasteiger partial charge in [0.25, 0.3) is 5.91 Å². The molecule has 0 radical (unpaired) electrons. The Kier molecular flexibility index (Phi) is 6.76. The lowest BCUT2D eigenvalue weighted by Crippen LogP contribution is -2.24. The highest BCUT2D eigenvalue weighted by Crippen LogP contribution is 2.23. The van der Waals surface area contributed by atoms with Gasteiger partial charge in [-0.15, -0.1) is 0 Å². The minimum Gasteiger partial charge on any atom is -0.497 e. The van der Waals surface area contributed by atoms with Gasteiger partial charge in [0.1, 0.15) is 11.5 Å². The van der Waals surface area contributed by atoms with Gasteiger partial charge >= 0.3 is 0 Å². The molecule has 1 aliphatic heterocycles. The average molecular weight is 402 g/mol. The molecule has 148 valence electrons. The molecule has 2 aromatic rings. The maximum absolute atomic E-state index is 12.6. The van der Waals surface area contributed by atoms with Crippen molar-refractivity contribution in [1.29, 1.82) is 0 Å². The number of methoxy groups -OCH3 is 2. The van der Waals surface area contributed by atoms with E-state index in [1.165, 1.54) is 0 Å². The van der Waals surface area contributed by atoms with Crippen molar-refractivity contribution < 1.29 is 14.3 Å². The van der Waals surface area contributed by atoms with Gasteiger partial charge in [0, 0.05) is 42.7 Å². The minimum atomic E-state index is -0.169. The summed E-state index contributed by atoms with van der Waals surface area (Å²) in [5.41, 5.74) is 2.32. The average Bonchev–Trinajstić information content (AvgIpc) is 3.24. The Bertz CT molecular complexity index is 861. The summed E-state index contributed by atoms with van der Waals surface area (Å²) < 4.78 is 10.5. The SMILES string of the molecule is COc1cc(CNC(=O)c2ccc(Cl)c(CNC3=NCCC3)c2)cc(OC)c1. The van der Waals surface area contributed by atoms with Crippen LogP contribution in [0.1, 0.15) is 34.3 Å². The lowest BCUT2D eigenvalue weighted by Gasteiger charge is -2.12. The summed E-state index contributed by atoms with van der Waals surface area (Å²) in [5, 5.41) is 6.84. The first-order valence-electron chi connectivity index (χ1n) is 9.15. The monoisotopic (exact) mass is 401 g/mol. The van der Waals surface area contributed by atoms with Crippen LogP contribution in [-0.2, 0) is 13.1 Å². The molecule has 7 heteroatoms. The highest BCUT2D eigenvalue weighted by atomic mass is 35.5. The van der Waals surface area contributed by atoms with Crippen LogP contribution in [-0.4, -0.2) is 32.5 Å². The molecule has 0 unspecified atom stereocenters. The molecule has 1 aliphatic rings. The van der Waals surface area contributed by atoms with Crippen LogP contribution in [0.3, 0.4) is 0 Å². The van der Waals surface area contributed by atoms with Gasteiger partial charge in [-0.05, 0) is 47.9 Å². The van der Waals surface area contributed by atoms with Gasteiger partial charge in [-0.2, -0.15) is 0 Å². The van der Waals surface area contributed by atoms with Crippen LogP contribution in [0.4, 0.5) is 0 Å². The third kappa shape index (κ3) is 5.16. The molecule has 0 fully saturated rings. The highest BCUT2D eigenvalue weighted by molar-refractivity contribution is 6.31. The zero-order valence-electron chi connectivity index (χ0n) is 16.0. The number of aliphatic imine (C=N–C) groups is 1. The number of rotatable bonds is 7. The van der Waals surface area contributed by atoms with Gasteiger partial charge in [-0.3, -0.25) is 9.79 Å². The Morgan fingerprint density at radius 3 is 2.50 bits per heavy atom. The molecule has 0 saturated carbocycles. The number of ether oxygens (including phenoxy) is 2. The van der Waals surface area contributed by atoms with Gasteiger partial charge in [0.15, 0.2) is 0 Å². The van der Waals surface area contributed by atoms with Gasteiger partial charge < -0.3 is 20.1 Å². The molecule has 2 N–H and O–H groups in total. The van der Waals surface area contributed by atoms with E-state index in [0.717, 1.165) is 36.3 Å². The lowest BCUT2D eigenvalue weighted by atomic mass is 10.1. The first-order chi connectivity index (χ1) is 13.6. The number of nitrogens with one attached hydrogen (secondary N) is 2. The van der Waals surface area contributed by atoms with Crippen molar-refractivity contribution >= 4 is 23.3 Å². The molecule has 1 heterocycles. The molecular formula is C21H24ClN3O3. The number of hydrogen-bond donors (Lipinski definition) is 2. The number of amides is 1. The molecule has 0 saturated heterocycles. The molecule has 0 aliphatic carbocycles. The normalized spacial score (nSPS) is 13.0. The van der Waals surface area contributed by atoms with Crippen molar-refractivity contribution in [2.75, 3.05) is 20.8 Å². The number of nitrogens with zero attached hydrogens (tertiary/aromatic N) is 1. The Hall–Kier alpha value is -2.73. The van der Waals surface area contributed by atoms with E-state index in [1.54, 1.807) is 32.4 Å². The lowest BCUT2D eigenvalue weighted by molar-refractivity contribution is 0.0950. The number of benzene rings is 2. The van der Waals surface area contributed by atoms with E-state index in [2.05, 4.69) is 15.6 Å². The van der Waals surface area contributed by atoms with Crippen LogP contribution in [0.5, 0.6) is 11.5 Å². The maximum Gasteiger partial charge on any atom is 0.251 e. The Morgan fingerprint density at radius 1 is 1.11 bits per heavy atom. The van der Waals surface area contributed by atoms with Gasteiger partial charge in [0.05, 0.1) is 20.1 Å². The zero-order valence-corrected chi connectivity index (χ0v) is 16.8. The summed E-state index contributed by atoms with van der Waals surface area (Å²) >= 11 is 6.29. The maximum atomic E-state index is 12.6. The second-order valence-corrected chi connectivity index (χ2v) is 6.90. The number of hydrogen-bond acceptors (Lipinski definition) is 5. The molecule has 0 aromatic heterocycles. The van der Waals surface area contributed by atoms with Crippen LogP contribution >= 0.6 is 11.6 Å². The van der Waals surface area contributed by atoms with Crippen LogP contribution < -0.4 is 20.1 Å². The van der Waals surface area contributed by atoms with Crippen molar-refractivity contribution in [3.8, 4) is 11.5 Å². The molecule has 0 atom stereocenters. The second kappa shape index (κ2) is 9.46. The zero-order chi connectivity index (χ0) is 19.9. The smallest absolute Gasteiger partial charge is 0.251 e. The van der Waals surface area contributed by atoms with Crippen molar-refractivity contribution in [3.05, 3.63) is 58.1 Å². The second-order valence-electron chi connectivity index (χ2n) is 6.50. The Labute approximate surface area is 169 Å². The van der Waals surface area contributed by atoms with E-state index in [1.807, 2.05) is 18.2 Å². The molecule has 3 rings (SSSR count). The molecule has 2 aromatic carbocycles. The standard InChI is InChI=1S/C21H24ClN3O3/c1-27-17-8-14(9-18(11-17)28-2)12-25-21(26)15-5-6-19(22)16(10-15)13-24-20-4-3-7-23-20/h5-6,8-11H,3-4,7,12-13H2,1-2H3,(H,23,24)(H,25,26). The van der Waals surface area contributed by atoms with E-state index in [4.69, 9.17) is 21.1 Å². The predicted molar refractivity (Wildman–Crippen MR) is 111 cm³/mol. The van der Waals surface area contributed by atoms with Crippen molar-refractivity contribution in [2.45, 2.75) is 25.9 Å². The number of carbonyl (C=O) groups is 1. The largest absolute Gasteiger partial charge is 0.497 e. The van der Waals surface area contributed by atoms with Gasteiger partial charge in [-0.1, -0.05) is 11.6 Å². The van der Waals surface area contributed by atoms with Crippen LogP contribution in [0.15, 0.2) is 41.4 Å². The fourth-order valence-electron chi connectivity index (χ4n) is 2.99. The van der Waals surface area contributed by atoms with E-state index in [9.17, 15) is 4.79 Å². The molecule has 1 amide bonds. The summed E-state index contributed by atoms with van der Waals surface area (Å²) in [7, 11) is 3.19. The van der Waals surface area contributed by atoms with Crippen molar-refractivity contribution in [1.82, 2.24) is 10.6 Å². The van der Waals surface area contributed by atoms with Gasteiger partial charge in [0.2, 0.25) is 0 Å². The third-order valence-electron chi connectivity index (χ3n) is 4.53. The number of amidine groups is 1. The fraction of sp³-hybridized carbons (Fsp3) is 0.333. The third-order valence-corrected chi connectivity index (χ3v) is 4.90. The molecule has 0 spiro atoms. The molecule has 28 heavy (non-hydrogen) atoms. The van der Waals surface area contributed by atoms with Gasteiger partial charge in [-0.25, -0.2) is 0 Å². The van der Waals surface area contributed by atoms with E-state index in [0.29, 0.717) is 35.2 Å². The quantitative estimate of drug-likeness (QED) is 0.744. The topological polar surface area (TPSA) is 72.0 Å². The minimum absolute atomic E-state index is 0.169. The van der Waals surface area contributed by atoms with Crippen LogP contribution in [0, 0.1) is 0 Å². The Balaban J connectivity index is 1.64. The van der Waals surface area contributed by atoms with Crippen LogP contribution in [0.2, 0.25) is 5.02 Å². The molecule has 0 bridgehead atoms. The number of carbonyl (C=O) groups excluding carboxylic acids is 1. The fourth-order valence-corrected chi connectivity index (χ4v) is 3.17. The van der Waals surface area contributed by atoms with E-state index < -0.39 is 0 Å². The summed E-state index contributed by atoms with van der Waals surface area (Å²) in [6.45, 7) is 1.78. The first kappa shape index (κ1) is 20.0. The molecular weight excluding hydrogens is 378 g/mol. The van der Waals surface area contributed by atoms with Crippen LogP contribution in [0.25, 0.3) is 0 Å². The van der Waals surface area contributed by atoms with E-state index in [-0.39, 0.29) is 5.91 Å².